The van der Waals surface area contributed by atoms with Gasteiger partial charge in [0.2, 0.25) is 5.88 Å². The van der Waals surface area contributed by atoms with Gasteiger partial charge in [0.15, 0.2) is 5.96 Å². The van der Waals surface area contributed by atoms with Gasteiger partial charge in [0.05, 0.1) is 13.2 Å². The molecule has 0 spiro atoms. The molecule has 128 valence electrons. The van der Waals surface area contributed by atoms with Crippen molar-refractivity contribution >= 4 is 29.2 Å². The highest BCUT2D eigenvalue weighted by Crippen LogP contribution is 2.26. The molecular formula is C17H20Cl2N4O. The highest BCUT2D eigenvalue weighted by molar-refractivity contribution is 6.35. The zero-order valence-electron chi connectivity index (χ0n) is 13.8. The maximum absolute atomic E-state index is 6.25. The Labute approximate surface area is 152 Å². The Morgan fingerprint density at radius 1 is 1.33 bits per heavy atom. The summed E-state index contributed by atoms with van der Waals surface area (Å²) in [6.45, 7) is 2.55. The van der Waals surface area contributed by atoms with E-state index in [2.05, 4.69) is 20.6 Å². The SMILES string of the molecule is CN=C(NCc1cccnc1OC)NC(C)c1ccc(Cl)cc1Cl. The minimum atomic E-state index is -0.0308. The second kappa shape index (κ2) is 8.76. The largest absolute Gasteiger partial charge is 0.481 e. The van der Waals surface area contributed by atoms with Crippen LogP contribution in [0.4, 0.5) is 0 Å². The molecule has 0 aliphatic heterocycles. The third-order valence-electron chi connectivity index (χ3n) is 3.50. The van der Waals surface area contributed by atoms with E-state index in [1.807, 2.05) is 31.2 Å². The molecule has 0 fully saturated rings. The van der Waals surface area contributed by atoms with E-state index in [-0.39, 0.29) is 6.04 Å². The van der Waals surface area contributed by atoms with Gasteiger partial charge < -0.3 is 15.4 Å². The lowest BCUT2D eigenvalue weighted by atomic mass is 10.1. The van der Waals surface area contributed by atoms with Crippen molar-refractivity contribution in [2.24, 2.45) is 4.99 Å². The first kappa shape index (κ1) is 18.4. The van der Waals surface area contributed by atoms with Gasteiger partial charge in [-0.05, 0) is 30.7 Å². The topological polar surface area (TPSA) is 58.5 Å². The quantitative estimate of drug-likeness (QED) is 0.623. The third kappa shape index (κ3) is 4.76. The van der Waals surface area contributed by atoms with Gasteiger partial charge in [-0.2, -0.15) is 0 Å². The fourth-order valence-corrected chi connectivity index (χ4v) is 2.82. The van der Waals surface area contributed by atoms with Crippen LogP contribution in [0.25, 0.3) is 0 Å². The molecule has 2 aromatic rings. The van der Waals surface area contributed by atoms with Crippen LogP contribution in [0.1, 0.15) is 24.1 Å². The summed E-state index contributed by atoms with van der Waals surface area (Å²) in [5.74, 6) is 1.24. The van der Waals surface area contributed by atoms with E-state index in [1.54, 1.807) is 26.4 Å². The summed E-state index contributed by atoms with van der Waals surface area (Å²) in [6, 6.07) is 9.24. The highest BCUT2D eigenvalue weighted by atomic mass is 35.5. The summed E-state index contributed by atoms with van der Waals surface area (Å²) in [5, 5.41) is 7.77. The van der Waals surface area contributed by atoms with E-state index >= 15 is 0 Å². The second-order valence-corrected chi connectivity index (χ2v) is 5.97. The van der Waals surface area contributed by atoms with Crippen molar-refractivity contribution in [2.45, 2.75) is 19.5 Å². The maximum Gasteiger partial charge on any atom is 0.218 e. The van der Waals surface area contributed by atoms with Crippen LogP contribution in [0.5, 0.6) is 5.88 Å². The molecule has 2 rings (SSSR count). The molecule has 0 amide bonds. The van der Waals surface area contributed by atoms with Gasteiger partial charge in [-0.3, -0.25) is 4.99 Å². The fourth-order valence-electron chi connectivity index (χ4n) is 2.25. The minimum Gasteiger partial charge on any atom is -0.481 e. The summed E-state index contributed by atoms with van der Waals surface area (Å²) >= 11 is 12.2. The maximum atomic E-state index is 6.25. The molecule has 1 aromatic carbocycles. The lowest BCUT2D eigenvalue weighted by Gasteiger charge is -2.19. The average Bonchev–Trinajstić information content (AvgIpc) is 2.58. The summed E-state index contributed by atoms with van der Waals surface area (Å²) in [4.78, 5) is 8.41. The van der Waals surface area contributed by atoms with Crippen molar-refractivity contribution < 1.29 is 4.74 Å². The molecule has 1 atom stereocenters. The highest BCUT2D eigenvalue weighted by Gasteiger charge is 2.12. The number of nitrogens with one attached hydrogen (secondary N) is 2. The van der Waals surface area contributed by atoms with Gasteiger partial charge in [0, 0.05) is 35.4 Å². The van der Waals surface area contributed by atoms with Crippen LogP contribution in [-0.2, 0) is 6.54 Å². The van der Waals surface area contributed by atoms with Crippen LogP contribution in [0, 0.1) is 0 Å². The molecule has 0 aliphatic rings. The molecule has 24 heavy (non-hydrogen) atoms. The molecule has 0 aliphatic carbocycles. The number of pyridine rings is 1. The predicted molar refractivity (Wildman–Crippen MR) is 99.0 cm³/mol. The van der Waals surface area contributed by atoms with E-state index in [4.69, 9.17) is 27.9 Å². The number of rotatable bonds is 5. The van der Waals surface area contributed by atoms with Crippen LogP contribution in [0.3, 0.4) is 0 Å². The lowest BCUT2D eigenvalue weighted by molar-refractivity contribution is 0.392. The first-order valence-electron chi connectivity index (χ1n) is 7.45. The zero-order chi connectivity index (χ0) is 17.5. The van der Waals surface area contributed by atoms with Crippen molar-refractivity contribution in [3.05, 3.63) is 57.7 Å². The number of nitrogens with zero attached hydrogens (tertiary/aromatic N) is 2. The lowest BCUT2D eigenvalue weighted by Crippen LogP contribution is -2.38. The second-order valence-electron chi connectivity index (χ2n) is 5.13. The number of aliphatic imine (C=N–C) groups is 1. The van der Waals surface area contributed by atoms with E-state index in [9.17, 15) is 0 Å². The number of benzene rings is 1. The molecule has 5 nitrogen and oxygen atoms in total. The molecule has 0 bridgehead atoms. The van der Waals surface area contributed by atoms with E-state index < -0.39 is 0 Å². The van der Waals surface area contributed by atoms with Crippen LogP contribution in [-0.4, -0.2) is 25.1 Å². The van der Waals surface area contributed by atoms with Crippen molar-refractivity contribution in [2.75, 3.05) is 14.2 Å². The number of methoxy groups -OCH3 is 1. The van der Waals surface area contributed by atoms with Gasteiger partial charge in [0.1, 0.15) is 0 Å². The molecule has 2 N–H and O–H groups in total. The number of hydrogen-bond acceptors (Lipinski definition) is 3. The monoisotopic (exact) mass is 366 g/mol. The van der Waals surface area contributed by atoms with Gasteiger partial charge in [-0.15, -0.1) is 0 Å². The van der Waals surface area contributed by atoms with Crippen molar-refractivity contribution in [1.29, 1.82) is 0 Å². The van der Waals surface area contributed by atoms with Crippen LogP contribution in [0.15, 0.2) is 41.5 Å². The normalized spacial score (nSPS) is 12.6. The first-order valence-corrected chi connectivity index (χ1v) is 8.20. The standard InChI is InChI=1S/C17H20Cl2N4O/c1-11(14-7-6-13(18)9-15(14)19)23-17(20-2)22-10-12-5-4-8-21-16(12)24-3/h4-9,11H,10H2,1-3H3,(H2,20,22,23). The molecule has 0 radical (unpaired) electrons. The zero-order valence-corrected chi connectivity index (χ0v) is 15.3. The molecule has 0 saturated carbocycles. The smallest absolute Gasteiger partial charge is 0.218 e. The number of hydrogen-bond donors (Lipinski definition) is 2. The van der Waals surface area contributed by atoms with Gasteiger partial charge >= 0.3 is 0 Å². The van der Waals surface area contributed by atoms with Crippen molar-refractivity contribution in [3.63, 3.8) is 0 Å². The Balaban J connectivity index is 2.02. The Hall–Kier alpha value is -1.98. The molecule has 7 heteroatoms. The van der Waals surface area contributed by atoms with Gasteiger partial charge in [0.25, 0.3) is 0 Å². The molecule has 1 heterocycles. The number of ether oxygens (including phenoxy) is 1. The summed E-state index contributed by atoms with van der Waals surface area (Å²) in [6.07, 6.45) is 1.69. The van der Waals surface area contributed by atoms with Crippen molar-refractivity contribution in [3.8, 4) is 5.88 Å². The summed E-state index contributed by atoms with van der Waals surface area (Å²) in [7, 11) is 3.31. The van der Waals surface area contributed by atoms with E-state index in [1.165, 1.54) is 0 Å². The third-order valence-corrected chi connectivity index (χ3v) is 4.06. The Morgan fingerprint density at radius 2 is 2.12 bits per heavy atom. The summed E-state index contributed by atoms with van der Waals surface area (Å²) < 4.78 is 5.25. The van der Waals surface area contributed by atoms with Crippen molar-refractivity contribution in [1.82, 2.24) is 15.6 Å². The molecule has 0 saturated heterocycles. The average molecular weight is 367 g/mol. The molecular weight excluding hydrogens is 347 g/mol. The number of guanidine groups is 1. The van der Waals surface area contributed by atoms with Crippen LogP contribution < -0.4 is 15.4 Å². The molecule has 1 aromatic heterocycles. The predicted octanol–water partition coefficient (Wildman–Crippen LogP) is 3.82. The first-order chi connectivity index (χ1) is 11.5. The Kier molecular flexibility index (Phi) is 6.70. The van der Waals surface area contributed by atoms with Gasteiger partial charge in [-0.25, -0.2) is 4.98 Å². The van der Waals surface area contributed by atoms with Crippen LogP contribution >= 0.6 is 23.2 Å². The van der Waals surface area contributed by atoms with E-state index in [0.29, 0.717) is 28.4 Å². The minimum absolute atomic E-state index is 0.0308. The van der Waals surface area contributed by atoms with Crippen LogP contribution in [0.2, 0.25) is 10.0 Å². The molecule has 1 unspecified atom stereocenters. The fraction of sp³-hybridized carbons (Fsp3) is 0.294. The van der Waals surface area contributed by atoms with E-state index in [0.717, 1.165) is 11.1 Å². The number of halogens is 2. The van der Waals surface area contributed by atoms with Gasteiger partial charge in [-0.1, -0.05) is 35.3 Å². The Morgan fingerprint density at radius 3 is 2.79 bits per heavy atom. The Bertz CT molecular complexity index is 721. The number of aromatic nitrogens is 1. The summed E-state index contributed by atoms with van der Waals surface area (Å²) in [5.41, 5.74) is 1.89.